The Labute approximate surface area is 263 Å². The lowest BCUT2D eigenvalue weighted by Crippen LogP contribution is -2.45. The van der Waals surface area contributed by atoms with Crippen molar-refractivity contribution in [3.63, 3.8) is 0 Å². The molecule has 1 N–H and O–H groups in total. The quantitative estimate of drug-likeness (QED) is 0.0666. The Morgan fingerprint density at radius 3 is 0.867 bits per heavy atom. The minimum Gasteiger partial charge on any atom is -0.726 e. The van der Waals surface area contributed by atoms with Gasteiger partial charge in [0, 0.05) is 0 Å². The fraction of sp³-hybridized carbons (Fsp3) is 0. The summed E-state index contributed by atoms with van der Waals surface area (Å²) in [5.41, 5.74) is 6.32. The van der Waals surface area contributed by atoms with Gasteiger partial charge in [-0.1, -0.05) is 109 Å². The molecule has 7 nitrogen and oxygen atoms in total. The number of guanidine groups is 1. The first-order valence-corrected chi connectivity index (χ1v) is 15.5. The van der Waals surface area contributed by atoms with Crippen LogP contribution in [0.1, 0.15) is 0 Å². The largest absolute Gasteiger partial charge is 0.726 e. The first-order valence-electron chi connectivity index (χ1n) is 14.2. The highest BCUT2D eigenvalue weighted by Crippen LogP contribution is 2.35. The maximum Gasteiger partial charge on any atom is 0.380 e. The van der Waals surface area contributed by atoms with Gasteiger partial charge in [0.2, 0.25) is 10.4 Å². The van der Waals surface area contributed by atoms with Crippen molar-refractivity contribution < 1.29 is 17.5 Å². The van der Waals surface area contributed by atoms with E-state index in [1.54, 1.807) is 0 Å². The summed E-state index contributed by atoms with van der Waals surface area (Å²) in [7, 11) is -4.92. The van der Waals surface area contributed by atoms with Gasteiger partial charge in [-0.3, -0.25) is 4.55 Å². The lowest BCUT2D eigenvalue weighted by molar-refractivity contribution is 0.366. The van der Waals surface area contributed by atoms with Crippen molar-refractivity contribution in [1.82, 2.24) is 4.58 Å². The van der Waals surface area contributed by atoms with Crippen molar-refractivity contribution in [3.05, 3.63) is 182 Å². The van der Waals surface area contributed by atoms with Crippen LogP contribution in [0.2, 0.25) is 0 Å². The number of para-hydroxylation sites is 6. The molecule has 45 heavy (non-hydrogen) atoms. The van der Waals surface area contributed by atoms with Crippen molar-refractivity contribution in [1.29, 1.82) is 0 Å². The molecule has 0 aliphatic rings. The summed E-state index contributed by atoms with van der Waals surface area (Å²) in [4.78, 5) is 4.67. The van der Waals surface area contributed by atoms with Gasteiger partial charge in [-0.05, 0) is 72.8 Å². The minimum absolute atomic E-state index is 0.951. The molecule has 8 heteroatoms. The fourth-order valence-electron chi connectivity index (χ4n) is 4.90. The van der Waals surface area contributed by atoms with Crippen LogP contribution in [-0.4, -0.2) is 23.5 Å². The molecule has 6 aromatic carbocycles. The van der Waals surface area contributed by atoms with E-state index in [9.17, 15) is 0 Å². The predicted molar refractivity (Wildman–Crippen MR) is 182 cm³/mol. The van der Waals surface area contributed by atoms with Crippen LogP contribution in [-0.2, 0) is 10.4 Å². The second kappa shape index (κ2) is 14.8. The van der Waals surface area contributed by atoms with Crippen LogP contribution in [0, 0.1) is 0 Å². The SMILES string of the molecule is O=S(=O)([O-])O.c1ccc(N(C(N(c2ccccc2)c2ccccc2)=[N+](c2ccccc2)c2ccccc2)c2ccccc2)cc1. The van der Waals surface area contributed by atoms with E-state index >= 15 is 0 Å². The Morgan fingerprint density at radius 2 is 0.644 bits per heavy atom. The number of nitrogens with zero attached hydrogens (tertiary/aromatic N) is 3. The number of anilines is 4. The number of rotatable bonds is 6. The van der Waals surface area contributed by atoms with Gasteiger partial charge in [0.15, 0.2) is 0 Å². The Balaban J connectivity index is 0.000000743. The van der Waals surface area contributed by atoms with Crippen molar-refractivity contribution >= 4 is 50.5 Å². The molecule has 224 valence electrons. The second-order valence-electron chi connectivity index (χ2n) is 9.75. The normalized spacial score (nSPS) is 10.6. The van der Waals surface area contributed by atoms with E-state index in [1.165, 1.54) is 0 Å². The molecule has 0 heterocycles. The third kappa shape index (κ3) is 8.31. The molecule has 0 saturated heterocycles. The Bertz CT molecular complexity index is 1700. The summed E-state index contributed by atoms with van der Waals surface area (Å²) in [6, 6.07) is 63.4. The monoisotopic (exact) mass is 613 g/mol. The number of hydrogen-bond donors (Lipinski definition) is 1. The van der Waals surface area contributed by atoms with Crippen LogP contribution in [0.5, 0.6) is 0 Å². The zero-order valence-electron chi connectivity index (χ0n) is 24.2. The van der Waals surface area contributed by atoms with Gasteiger partial charge in [0.1, 0.15) is 34.1 Å². The van der Waals surface area contributed by atoms with Crippen molar-refractivity contribution in [2.75, 3.05) is 9.80 Å². The minimum atomic E-state index is -4.92. The van der Waals surface area contributed by atoms with Gasteiger partial charge in [-0.25, -0.2) is 8.42 Å². The van der Waals surface area contributed by atoms with Crippen LogP contribution in [0.15, 0.2) is 182 Å². The highest BCUT2D eigenvalue weighted by atomic mass is 32.3. The van der Waals surface area contributed by atoms with Crippen LogP contribution in [0.3, 0.4) is 0 Å². The molecule has 0 radical (unpaired) electrons. The van der Waals surface area contributed by atoms with E-state index in [4.69, 9.17) is 17.5 Å². The molecule has 6 aromatic rings. The molecule has 0 amide bonds. The standard InChI is InChI=1S/C37H30N3.H2O4S/c1-7-19-31(20-8-1)38(32-21-9-2-10-22-32)37(39(33-23-11-3-12-24-33)34-25-13-4-14-26-34)40(35-27-15-5-16-28-35)36-29-17-6-18-30-36;1-5(2,3)4/h1-30H;(H2,1,2,3,4)/q+1;/p-1. The lowest BCUT2D eigenvalue weighted by atomic mass is 10.2. The molecule has 0 aliphatic heterocycles. The summed E-state index contributed by atoms with van der Waals surface area (Å²) in [5.74, 6) is 0.951. The number of hydrogen-bond acceptors (Lipinski definition) is 3. The van der Waals surface area contributed by atoms with E-state index in [2.05, 4.69) is 196 Å². The zero-order valence-corrected chi connectivity index (χ0v) is 25.1. The van der Waals surface area contributed by atoms with Crippen LogP contribution in [0.25, 0.3) is 0 Å². The maximum absolute atomic E-state index is 8.63. The highest BCUT2D eigenvalue weighted by molar-refractivity contribution is 7.79. The smallest absolute Gasteiger partial charge is 0.380 e. The van der Waals surface area contributed by atoms with Crippen molar-refractivity contribution in [3.8, 4) is 0 Å². The molecule has 0 saturated carbocycles. The van der Waals surface area contributed by atoms with E-state index in [-0.39, 0.29) is 0 Å². The summed E-state index contributed by atoms with van der Waals surface area (Å²) in [6.45, 7) is 0. The van der Waals surface area contributed by atoms with Gasteiger partial charge >= 0.3 is 5.96 Å². The summed E-state index contributed by atoms with van der Waals surface area (Å²) in [6.07, 6.45) is 0. The van der Waals surface area contributed by atoms with Crippen LogP contribution in [0.4, 0.5) is 34.1 Å². The molecule has 0 aliphatic carbocycles. The molecule has 0 bridgehead atoms. The van der Waals surface area contributed by atoms with E-state index in [0.717, 1.165) is 40.1 Å². The van der Waals surface area contributed by atoms with Gasteiger partial charge in [0.25, 0.3) is 0 Å². The lowest BCUT2D eigenvalue weighted by Gasteiger charge is -2.30. The molecule has 6 rings (SSSR count). The van der Waals surface area contributed by atoms with E-state index < -0.39 is 10.4 Å². The van der Waals surface area contributed by atoms with Crippen molar-refractivity contribution in [2.45, 2.75) is 0 Å². The Kier molecular flexibility index (Phi) is 10.1. The predicted octanol–water partition coefficient (Wildman–Crippen LogP) is 8.56. The molecule has 0 aromatic heterocycles. The Morgan fingerprint density at radius 1 is 0.444 bits per heavy atom. The average molecular weight is 614 g/mol. The summed E-state index contributed by atoms with van der Waals surface area (Å²) >= 11 is 0. The van der Waals surface area contributed by atoms with Gasteiger partial charge in [0.05, 0.1) is 0 Å². The first kappa shape index (κ1) is 30.9. The van der Waals surface area contributed by atoms with E-state index in [0.29, 0.717) is 0 Å². The van der Waals surface area contributed by atoms with Crippen molar-refractivity contribution in [2.24, 2.45) is 0 Å². The average Bonchev–Trinajstić information content (AvgIpc) is 3.07. The molecule has 0 atom stereocenters. The third-order valence-corrected chi connectivity index (χ3v) is 6.69. The number of benzene rings is 6. The van der Waals surface area contributed by atoms with Crippen LogP contribution >= 0.6 is 0 Å². The highest BCUT2D eigenvalue weighted by Gasteiger charge is 2.36. The molecular weight excluding hydrogens is 582 g/mol. The van der Waals surface area contributed by atoms with Gasteiger partial charge in [-0.2, -0.15) is 14.4 Å². The zero-order chi connectivity index (χ0) is 31.5. The molecule has 0 spiro atoms. The molecule has 0 unspecified atom stereocenters. The second-order valence-corrected chi connectivity index (χ2v) is 10.6. The fourth-order valence-corrected chi connectivity index (χ4v) is 4.90. The topological polar surface area (TPSA) is 86.9 Å². The maximum atomic E-state index is 8.63. The Hall–Kier alpha value is -5.54. The first-order chi connectivity index (χ1) is 21.9. The van der Waals surface area contributed by atoms with Gasteiger partial charge < -0.3 is 4.55 Å². The third-order valence-electron chi connectivity index (χ3n) is 6.69. The summed E-state index contributed by atoms with van der Waals surface area (Å²) < 4.78 is 35.2. The van der Waals surface area contributed by atoms with Crippen LogP contribution < -0.4 is 14.4 Å². The van der Waals surface area contributed by atoms with Gasteiger partial charge in [-0.15, -0.1) is 0 Å². The summed E-state index contributed by atoms with van der Waals surface area (Å²) in [5, 5.41) is 0. The van der Waals surface area contributed by atoms with E-state index in [1.807, 2.05) is 0 Å². The molecular formula is C37H31N3O4S. The molecule has 0 fully saturated rings.